The van der Waals surface area contributed by atoms with Crippen molar-refractivity contribution in [1.29, 1.82) is 0 Å². The van der Waals surface area contributed by atoms with Gasteiger partial charge in [-0.1, -0.05) is 24.3 Å². The zero-order valence-corrected chi connectivity index (χ0v) is 23.7. The minimum Gasteiger partial charge on any atom is -0.490 e. The molecule has 0 fully saturated rings. The number of aromatic nitrogens is 3. The molecule has 0 saturated carbocycles. The first-order valence-corrected chi connectivity index (χ1v) is 13.3. The third kappa shape index (κ3) is 6.38. The van der Waals surface area contributed by atoms with Crippen molar-refractivity contribution in [1.82, 2.24) is 14.6 Å². The van der Waals surface area contributed by atoms with Gasteiger partial charge in [0, 0.05) is 27.7 Å². The lowest BCUT2D eigenvalue weighted by molar-refractivity contribution is -0.385. The van der Waals surface area contributed by atoms with Crippen LogP contribution in [0, 0.1) is 10.1 Å². The van der Waals surface area contributed by atoms with Gasteiger partial charge in [-0.2, -0.15) is 22.9 Å². The van der Waals surface area contributed by atoms with Crippen LogP contribution in [-0.4, -0.2) is 32.4 Å². The van der Waals surface area contributed by atoms with E-state index in [1.165, 1.54) is 30.5 Å². The molecule has 0 aliphatic rings. The molecule has 43 heavy (non-hydrogen) atoms. The highest BCUT2D eigenvalue weighted by molar-refractivity contribution is 9.10. The van der Waals surface area contributed by atoms with Gasteiger partial charge in [-0.05, 0) is 59.3 Å². The van der Waals surface area contributed by atoms with Gasteiger partial charge in [-0.25, -0.2) is 9.97 Å². The Morgan fingerprint density at radius 2 is 1.86 bits per heavy atom. The van der Waals surface area contributed by atoms with Crippen LogP contribution in [0.2, 0.25) is 0 Å². The highest BCUT2D eigenvalue weighted by atomic mass is 79.9. The number of ether oxygens (including phenoxy) is 2. The van der Waals surface area contributed by atoms with E-state index in [0.29, 0.717) is 15.6 Å². The van der Waals surface area contributed by atoms with Crippen molar-refractivity contribution >= 4 is 38.7 Å². The quantitative estimate of drug-likeness (QED) is 0.0984. The topological polar surface area (TPSA) is 122 Å². The number of fused-ring (bicyclic) bond motifs is 1. The first-order valence-electron chi connectivity index (χ1n) is 12.5. The molecule has 218 valence electrons. The lowest BCUT2D eigenvalue weighted by Gasteiger charge is -2.14. The Kier molecular flexibility index (Phi) is 8.21. The van der Waals surface area contributed by atoms with Gasteiger partial charge < -0.3 is 9.47 Å². The summed E-state index contributed by atoms with van der Waals surface area (Å²) in [6, 6.07) is 16.7. The van der Waals surface area contributed by atoms with Gasteiger partial charge >= 0.3 is 6.18 Å². The van der Waals surface area contributed by atoms with Crippen LogP contribution in [0.4, 0.5) is 18.9 Å². The molecule has 0 amide bonds. The van der Waals surface area contributed by atoms with E-state index in [0.717, 1.165) is 23.0 Å². The van der Waals surface area contributed by atoms with Crippen LogP contribution < -0.4 is 15.0 Å². The van der Waals surface area contributed by atoms with Crippen LogP contribution in [0.25, 0.3) is 22.3 Å². The molecule has 3 aromatic carbocycles. The number of nitrogens with zero attached hydrogens (tertiary/aromatic N) is 5. The molecule has 5 aromatic rings. The second-order valence-corrected chi connectivity index (χ2v) is 9.71. The Morgan fingerprint density at radius 1 is 1.07 bits per heavy atom. The second-order valence-electron chi connectivity index (χ2n) is 8.86. The van der Waals surface area contributed by atoms with Crippen molar-refractivity contribution in [2.75, 3.05) is 6.61 Å². The maximum Gasteiger partial charge on any atom is 0.416 e. The molecule has 10 nitrogen and oxygen atoms in total. The Bertz CT molecular complexity index is 1930. The van der Waals surface area contributed by atoms with Gasteiger partial charge in [0.15, 0.2) is 17.3 Å². The van der Waals surface area contributed by atoms with Crippen LogP contribution in [0.1, 0.15) is 18.1 Å². The predicted molar refractivity (Wildman–Crippen MR) is 156 cm³/mol. The number of halogens is 4. The Balaban J connectivity index is 1.58. The Hall–Kier alpha value is -5.11. The van der Waals surface area contributed by atoms with E-state index in [1.54, 1.807) is 43.3 Å². The summed E-state index contributed by atoms with van der Waals surface area (Å²) in [5.74, 6) is 0.506. The van der Waals surface area contributed by atoms with E-state index in [-0.39, 0.29) is 46.4 Å². The van der Waals surface area contributed by atoms with Crippen molar-refractivity contribution in [3.8, 4) is 28.8 Å². The number of para-hydroxylation sites is 1. The highest BCUT2D eigenvalue weighted by Gasteiger charge is 2.31. The van der Waals surface area contributed by atoms with E-state index in [1.807, 2.05) is 0 Å². The molecule has 5 rings (SSSR count). The minimum atomic E-state index is -4.60. The summed E-state index contributed by atoms with van der Waals surface area (Å²) in [5, 5.41) is 15.5. The molecule has 0 aliphatic carbocycles. The van der Waals surface area contributed by atoms with Gasteiger partial charge in [-0.3, -0.25) is 14.9 Å². The van der Waals surface area contributed by atoms with Crippen LogP contribution in [0.15, 0.2) is 93.4 Å². The van der Waals surface area contributed by atoms with Crippen molar-refractivity contribution in [2.24, 2.45) is 5.10 Å². The number of pyridine rings is 1. The summed E-state index contributed by atoms with van der Waals surface area (Å²) in [6.45, 7) is 2.02. The van der Waals surface area contributed by atoms with Gasteiger partial charge in [-0.15, -0.1) is 0 Å². The summed E-state index contributed by atoms with van der Waals surface area (Å²) >= 11 is 3.44. The van der Waals surface area contributed by atoms with Gasteiger partial charge in [0.1, 0.15) is 6.20 Å². The molecule has 0 unspecified atom stereocenters. The summed E-state index contributed by atoms with van der Waals surface area (Å²) in [5.41, 5.74) is -0.906. The number of rotatable bonds is 8. The third-order valence-electron chi connectivity index (χ3n) is 6.02. The zero-order chi connectivity index (χ0) is 30.7. The maximum absolute atomic E-state index is 13.5. The average Bonchev–Trinajstić information content (AvgIpc) is 2.98. The molecule has 0 atom stereocenters. The van der Waals surface area contributed by atoms with E-state index >= 15 is 0 Å². The highest BCUT2D eigenvalue weighted by Crippen LogP contribution is 2.36. The van der Waals surface area contributed by atoms with Crippen molar-refractivity contribution in [2.45, 2.75) is 13.1 Å². The summed E-state index contributed by atoms with van der Waals surface area (Å²) in [7, 11) is 0. The first kappa shape index (κ1) is 29.4. The predicted octanol–water partition coefficient (Wildman–Crippen LogP) is 7.22. The van der Waals surface area contributed by atoms with E-state index in [9.17, 15) is 28.1 Å². The van der Waals surface area contributed by atoms with Crippen molar-refractivity contribution < 1.29 is 27.6 Å². The summed E-state index contributed by atoms with van der Waals surface area (Å²) in [4.78, 5) is 32.2. The number of benzene rings is 3. The normalized spacial score (nSPS) is 11.7. The summed E-state index contributed by atoms with van der Waals surface area (Å²) < 4.78 is 53.3. The molecular formula is C29H19BrF3N5O5. The molecule has 14 heteroatoms. The SMILES string of the molecule is CCOc1cc(C=Nn2c(-c3cccc(C(F)(F)F)c3)nc3ccccc3c2=O)c(Br)cc1Oc1ccc([N+](=O)[O-])cn1. The largest absolute Gasteiger partial charge is 0.490 e. The number of alkyl halides is 3. The average molecular weight is 654 g/mol. The van der Waals surface area contributed by atoms with Crippen LogP contribution in [0.3, 0.4) is 0 Å². The lowest BCUT2D eigenvalue weighted by atomic mass is 10.1. The van der Waals surface area contributed by atoms with Crippen LogP contribution in [0.5, 0.6) is 17.4 Å². The fraction of sp³-hybridized carbons (Fsp3) is 0.103. The lowest BCUT2D eigenvalue weighted by Crippen LogP contribution is -2.20. The summed E-state index contributed by atoms with van der Waals surface area (Å²) in [6.07, 6.45) is -2.21. The molecule has 2 aromatic heterocycles. The third-order valence-corrected chi connectivity index (χ3v) is 6.71. The van der Waals surface area contributed by atoms with E-state index < -0.39 is 22.2 Å². The zero-order valence-electron chi connectivity index (χ0n) is 22.1. The molecule has 2 heterocycles. The monoisotopic (exact) mass is 653 g/mol. The van der Waals surface area contributed by atoms with Gasteiger partial charge in [0.2, 0.25) is 5.88 Å². The number of nitro groups is 1. The number of hydrogen-bond donors (Lipinski definition) is 0. The van der Waals surface area contributed by atoms with Crippen molar-refractivity contribution in [3.05, 3.63) is 115 Å². The Labute approximate surface area is 249 Å². The van der Waals surface area contributed by atoms with Gasteiger partial charge in [0.05, 0.1) is 34.2 Å². The standard InChI is InChI=1S/C29H19BrF3N5O5/c1-2-42-24-13-18(22(30)14-25(24)43-26-11-10-20(16-34-26)38(40)41)15-35-37-27(17-6-5-7-19(12-17)29(31,32)33)36-23-9-4-3-8-21(23)28(37)39/h3-16H,2H2,1H3. The molecule has 0 aliphatic heterocycles. The van der Waals surface area contributed by atoms with E-state index in [2.05, 4.69) is 31.0 Å². The van der Waals surface area contributed by atoms with Gasteiger partial charge in [0.25, 0.3) is 11.2 Å². The molecule has 0 radical (unpaired) electrons. The maximum atomic E-state index is 13.5. The van der Waals surface area contributed by atoms with Crippen molar-refractivity contribution in [3.63, 3.8) is 0 Å². The molecule has 0 spiro atoms. The fourth-order valence-electron chi connectivity index (χ4n) is 4.02. The number of hydrogen-bond acceptors (Lipinski definition) is 8. The molecule has 0 N–H and O–H groups in total. The van der Waals surface area contributed by atoms with Crippen LogP contribution in [-0.2, 0) is 6.18 Å². The first-order chi connectivity index (χ1) is 20.5. The Morgan fingerprint density at radius 3 is 2.56 bits per heavy atom. The molecular weight excluding hydrogens is 635 g/mol. The van der Waals surface area contributed by atoms with E-state index in [4.69, 9.17) is 9.47 Å². The second kappa shape index (κ2) is 12.0. The smallest absolute Gasteiger partial charge is 0.416 e. The minimum absolute atomic E-state index is 0.0447. The fourth-order valence-corrected chi connectivity index (χ4v) is 4.45. The van der Waals surface area contributed by atoms with Crippen LogP contribution >= 0.6 is 15.9 Å². The molecule has 0 saturated heterocycles. The molecule has 0 bridgehead atoms.